The van der Waals surface area contributed by atoms with E-state index in [9.17, 15) is 23.1 Å². The van der Waals surface area contributed by atoms with Gasteiger partial charge >= 0.3 is 12.2 Å². The first-order valence-electron chi connectivity index (χ1n) is 8.03. The summed E-state index contributed by atoms with van der Waals surface area (Å²) < 4.78 is 38.5. The molecule has 2 N–H and O–H groups in total. The van der Waals surface area contributed by atoms with Crippen LogP contribution in [0.2, 0.25) is 0 Å². The molecular formula is C17H23F3N2O2. The molecule has 2 rings (SSSR count). The zero-order valence-electron chi connectivity index (χ0n) is 13.8. The van der Waals surface area contributed by atoms with Gasteiger partial charge in [0.25, 0.3) is 0 Å². The van der Waals surface area contributed by atoms with Crippen molar-refractivity contribution in [2.45, 2.75) is 44.5 Å². The molecule has 0 bridgehead atoms. The second kappa shape index (κ2) is 7.01. The molecule has 0 aromatic heterocycles. The summed E-state index contributed by atoms with van der Waals surface area (Å²) in [5, 5.41) is 12.6. The number of carbonyl (C=O) groups excluding carboxylic acids is 1. The van der Waals surface area contributed by atoms with E-state index in [0.717, 1.165) is 5.56 Å². The van der Waals surface area contributed by atoms with E-state index in [1.165, 1.54) is 4.90 Å². The fourth-order valence-corrected chi connectivity index (χ4v) is 2.88. The largest absolute Gasteiger partial charge is 0.417 e. The number of alkyl halides is 3. The first-order chi connectivity index (χ1) is 11.1. The number of nitrogens with one attached hydrogen (secondary N) is 1. The van der Waals surface area contributed by atoms with E-state index in [1.807, 2.05) is 44.2 Å². The van der Waals surface area contributed by atoms with Crippen LogP contribution in [-0.4, -0.2) is 40.9 Å². The Morgan fingerprint density at radius 1 is 1.21 bits per heavy atom. The third-order valence-corrected chi connectivity index (χ3v) is 4.51. The molecule has 2 amide bonds. The summed E-state index contributed by atoms with van der Waals surface area (Å²) in [4.78, 5) is 13.7. The number of rotatable bonds is 3. The van der Waals surface area contributed by atoms with E-state index in [-0.39, 0.29) is 25.0 Å². The maximum Gasteiger partial charge on any atom is 0.417 e. The van der Waals surface area contributed by atoms with Crippen LogP contribution in [0.25, 0.3) is 0 Å². The molecule has 1 aromatic carbocycles. The molecule has 1 aromatic rings. The molecule has 7 heteroatoms. The lowest BCUT2D eigenvalue weighted by Crippen LogP contribution is -2.56. The van der Waals surface area contributed by atoms with Gasteiger partial charge in [-0.15, -0.1) is 0 Å². The molecule has 1 aliphatic heterocycles. The summed E-state index contributed by atoms with van der Waals surface area (Å²) in [5.74, 6) is 0.133. The predicted octanol–water partition coefficient (Wildman–Crippen LogP) is 3.48. The highest BCUT2D eigenvalue weighted by atomic mass is 19.4. The highest BCUT2D eigenvalue weighted by Crippen LogP contribution is 2.38. The monoisotopic (exact) mass is 344 g/mol. The Kier molecular flexibility index (Phi) is 5.42. The molecule has 0 spiro atoms. The Balaban J connectivity index is 2.00. The second-order valence-electron chi connectivity index (χ2n) is 6.60. The molecule has 1 heterocycles. The van der Waals surface area contributed by atoms with Crippen LogP contribution < -0.4 is 5.32 Å². The number of halogens is 3. The number of nitrogens with zero attached hydrogens (tertiary/aromatic N) is 1. The summed E-state index contributed by atoms with van der Waals surface area (Å²) in [6.07, 6.45) is -5.66. The first-order valence-corrected chi connectivity index (χ1v) is 8.03. The summed E-state index contributed by atoms with van der Waals surface area (Å²) >= 11 is 0. The highest BCUT2D eigenvalue weighted by Gasteiger charge is 2.54. The van der Waals surface area contributed by atoms with Crippen molar-refractivity contribution in [1.29, 1.82) is 0 Å². The lowest BCUT2D eigenvalue weighted by molar-refractivity contribution is -0.271. The lowest BCUT2D eigenvalue weighted by Gasteiger charge is -2.39. The maximum absolute atomic E-state index is 12.8. The quantitative estimate of drug-likeness (QED) is 0.882. The Bertz CT molecular complexity index is 553. The van der Waals surface area contributed by atoms with Gasteiger partial charge in [-0.25, -0.2) is 4.79 Å². The summed E-state index contributed by atoms with van der Waals surface area (Å²) in [6.45, 7) is 3.69. The molecule has 4 nitrogen and oxygen atoms in total. The number of carbonyl (C=O) groups is 1. The van der Waals surface area contributed by atoms with E-state index < -0.39 is 30.7 Å². The first kappa shape index (κ1) is 18.6. The second-order valence-corrected chi connectivity index (χ2v) is 6.60. The minimum Gasteiger partial charge on any atom is -0.380 e. The molecule has 0 radical (unpaired) electrons. The molecule has 1 saturated heterocycles. The average Bonchev–Trinajstić information content (AvgIpc) is 2.52. The van der Waals surface area contributed by atoms with Crippen molar-refractivity contribution in [2.24, 2.45) is 5.92 Å². The average molecular weight is 344 g/mol. The fraction of sp³-hybridized carbons (Fsp3) is 0.588. The Hall–Kier alpha value is -1.76. The number of hydrogen-bond donors (Lipinski definition) is 2. The van der Waals surface area contributed by atoms with Gasteiger partial charge < -0.3 is 15.3 Å². The number of urea groups is 1. The van der Waals surface area contributed by atoms with Crippen LogP contribution in [0.1, 0.15) is 38.3 Å². The van der Waals surface area contributed by atoms with E-state index in [2.05, 4.69) is 5.32 Å². The van der Waals surface area contributed by atoms with E-state index >= 15 is 0 Å². The number of aliphatic hydroxyl groups is 1. The van der Waals surface area contributed by atoms with Crippen molar-refractivity contribution in [3.8, 4) is 0 Å². The van der Waals surface area contributed by atoms with Crippen molar-refractivity contribution in [3.05, 3.63) is 35.9 Å². The van der Waals surface area contributed by atoms with Crippen LogP contribution in [0.3, 0.4) is 0 Å². The van der Waals surface area contributed by atoms with Crippen molar-refractivity contribution in [3.63, 3.8) is 0 Å². The van der Waals surface area contributed by atoms with Crippen LogP contribution in [0.4, 0.5) is 18.0 Å². The van der Waals surface area contributed by atoms with E-state index in [1.54, 1.807) is 0 Å². The minimum absolute atomic E-state index is 0.124. The zero-order valence-corrected chi connectivity index (χ0v) is 13.8. The van der Waals surface area contributed by atoms with Gasteiger partial charge in [0.05, 0.1) is 6.04 Å². The summed E-state index contributed by atoms with van der Waals surface area (Å²) in [7, 11) is 0. The molecule has 1 fully saturated rings. The van der Waals surface area contributed by atoms with Gasteiger partial charge in [-0.05, 0) is 11.5 Å². The van der Waals surface area contributed by atoms with Crippen molar-refractivity contribution >= 4 is 6.03 Å². The standard InChI is InChI=1S/C17H23F3N2O2/c1-12(2)14(13-6-4-3-5-7-13)21-15(23)22-10-8-16(24,9-11-22)17(18,19)20/h3-7,12,14,24H,8-11H2,1-2H3,(H,21,23). The Labute approximate surface area is 139 Å². The molecule has 1 atom stereocenters. The Morgan fingerprint density at radius 2 is 1.75 bits per heavy atom. The van der Waals surface area contributed by atoms with Crippen LogP contribution >= 0.6 is 0 Å². The molecule has 1 aliphatic rings. The zero-order chi connectivity index (χ0) is 18.0. The minimum atomic E-state index is -4.67. The normalized spacial score (nSPS) is 19.2. The van der Waals surface area contributed by atoms with Gasteiger partial charge in [-0.1, -0.05) is 44.2 Å². The number of benzene rings is 1. The van der Waals surface area contributed by atoms with Gasteiger partial charge in [0.1, 0.15) is 0 Å². The van der Waals surface area contributed by atoms with E-state index in [4.69, 9.17) is 0 Å². The van der Waals surface area contributed by atoms with Gasteiger partial charge in [0.15, 0.2) is 5.60 Å². The molecule has 0 aliphatic carbocycles. The molecule has 134 valence electrons. The van der Waals surface area contributed by atoms with Gasteiger partial charge in [-0.3, -0.25) is 0 Å². The maximum atomic E-state index is 12.8. The van der Waals surface area contributed by atoms with Gasteiger partial charge in [0.2, 0.25) is 0 Å². The number of likely N-dealkylation sites (tertiary alicyclic amines) is 1. The van der Waals surface area contributed by atoms with Crippen molar-refractivity contribution < 1.29 is 23.1 Å². The molecule has 1 unspecified atom stereocenters. The van der Waals surface area contributed by atoms with Crippen molar-refractivity contribution in [1.82, 2.24) is 10.2 Å². The molecular weight excluding hydrogens is 321 g/mol. The predicted molar refractivity (Wildman–Crippen MR) is 84.4 cm³/mol. The van der Waals surface area contributed by atoms with Gasteiger partial charge in [-0.2, -0.15) is 13.2 Å². The number of hydrogen-bond acceptors (Lipinski definition) is 2. The van der Waals surface area contributed by atoms with Crippen molar-refractivity contribution in [2.75, 3.05) is 13.1 Å². The summed E-state index contributed by atoms with van der Waals surface area (Å²) in [6, 6.07) is 8.82. The third-order valence-electron chi connectivity index (χ3n) is 4.51. The highest BCUT2D eigenvalue weighted by molar-refractivity contribution is 5.75. The fourth-order valence-electron chi connectivity index (χ4n) is 2.88. The van der Waals surface area contributed by atoms with Crippen LogP contribution in [0.5, 0.6) is 0 Å². The smallest absolute Gasteiger partial charge is 0.380 e. The number of amides is 2. The molecule has 0 saturated carbocycles. The third kappa shape index (κ3) is 4.01. The van der Waals surface area contributed by atoms with E-state index in [0.29, 0.717) is 0 Å². The SMILES string of the molecule is CC(C)C(NC(=O)N1CCC(O)(C(F)(F)F)CC1)c1ccccc1. The van der Waals surface area contributed by atoms with Gasteiger partial charge in [0, 0.05) is 25.9 Å². The van der Waals surface area contributed by atoms with Crippen LogP contribution in [-0.2, 0) is 0 Å². The lowest BCUT2D eigenvalue weighted by atomic mass is 9.91. The van der Waals surface area contributed by atoms with Crippen LogP contribution in [0.15, 0.2) is 30.3 Å². The Morgan fingerprint density at radius 3 is 2.21 bits per heavy atom. The molecule has 24 heavy (non-hydrogen) atoms. The topological polar surface area (TPSA) is 52.6 Å². The summed E-state index contributed by atoms with van der Waals surface area (Å²) in [5.41, 5.74) is -1.75. The van der Waals surface area contributed by atoms with Crippen LogP contribution in [0, 0.1) is 5.92 Å². The number of piperidine rings is 1.